The van der Waals surface area contributed by atoms with Gasteiger partial charge in [0.1, 0.15) is 6.04 Å². The molecule has 0 radical (unpaired) electrons. The quantitative estimate of drug-likeness (QED) is 0.702. The monoisotopic (exact) mass is 229 g/mol. The third-order valence-electron chi connectivity index (χ3n) is 2.81. The van der Waals surface area contributed by atoms with Crippen LogP contribution in [-0.2, 0) is 9.59 Å². The van der Waals surface area contributed by atoms with Crippen LogP contribution in [0.15, 0.2) is 0 Å². The van der Waals surface area contributed by atoms with Gasteiger partial charge in [0.05, 0.1) is 0 Å². The lowest BCUT2D eigenvalue weighted by atomic mass is 10.0. The molecule has 0 rings (SSSR count). The lowest BCUT2D eigenvalue weighted by Crippen LogP contribution is -2.44. The Hall–Kier alpha value is -1.06. The molecular weight excluding hydrogens is 206 g/mol. The van der Waals surface area contributed by atoms with Gasteiger partial charge in [-0.15, -0.1) is 0 Å². The zero-order valence-electron chi connectivity index (χ0n) is 10.6. The summed E-state index contributed by atoms with van der Waals surface area (Å²) in [5.41, 5.74) is 0. The molecule has 4 nitrogen and oxygen atoms in total. The van der Waals surface area contributed by atoms with E-state index in [0.717, 1.165) is 12.8 Å². The second-order valence-electron chi connectivity index (χ2n) is 4.68. The van der Waals surface area contributed by atoms with E-state index < -0.39 is 12.0 Å². The van der Waals surface area contributed by atoms with E-state index in [1.807, 2.05) is 0 Å². The summed E-state index contributed by atoms with van der Waals surface area (Å²) in [6, 6.07) is -0.774. The average molecular weight is 229 g/mol. The number of carbonyl (C=O) groups excluding carboxylic acids is 1. The largest absolute Gasteiger partial charge is 0.480 e. The summed E-state index contributed by atoms with van der Waals surface area (Å²) >= 11 is 0. The molecule has 0 aromatic carbocycles. The first-order chi connectivity index (χ1) is 7.38. The van der Waals surface area contributed by atoms with Gasteiger partial charge < -0.3 is 10.4 Å². The minimum atomic E-state index is -0.966. The normalized spacial score (nSPS) is 14.6. The first-order valence-corrected chi connectivity index (χ1v) is 5.90. The maximum atomic E-state index is 11.5. The Morgan fingerprint density at radius 2 is 1.81 bits per heavy atom. The van der Waals surface area contributed by atoms with E-state index in [1.54, 1.807) is 13.8 Å². The Morgan fingerprint density at radius 1 is 1.25 bits per heavy atom. The molecule has 0 aliphatic carbocycles. The van der Waals surface area contributed by atoms with Gasteiger partial charge in [0.15, 0.2) is 0 Å². The zero-order valence-corrected chi connectivity index (χ0v) is 10.6. The van der Waals surface area contributed by atoms with E-state index in [2.05, 4.69) is 19.2 Å². The number of rotatable bonds is 7. The van der Waals surface area contributed by atoms with Crippen LogP contribution in [0.1, 0.15) is 47.0 Å². The number of amides is 1. The summed E-state index contributed by atoms with van der Waals surface area (Å²) in [4.78, 5) is 22.4. The lowest BCUT2D eigenvalue weighted by Gasteiger charge is -2.18. The predicted molar refractivity (Wildman–Crippen MR) is 63.1 cm³/mol. The van der Waals surface area contributed by atoms with Gasteiger partial charge in [-0.2, -0.15) is 0 Å². The fraction of sp³-hybridized carbons (Fsp3) is 0.833. The van der Waals surface area contributed by atoms with Crippen molar-refractivity contribution in [1.29, 1.82) is 0 Å². The Labute approximate surface area is 97.4 Å². The molecular formula is C12H23NO3. The van der Waals surface area contributed by atoms with Crippen molar-refractivity contribution >= 4 is 11.9 Å². The van der Waals surface area contributed by atoms with Gasteiger partial charge in [-0.1, -0.05) is 34.1 Å². The Balaban J connectivity index is 4.06. The molecule has 2 atom stereocenters. The van der Waals surface area contributed by atoms with Gasteiger partial charge in [0, 0.05) is 6.42 Å². The molecule has 0 aliphatic heterocycles. The molecule has 0 saturated carbocycles. The van der Waals surface area contributed by atoms with Gasteiger partial charge >= 0.3 is 5.97 Å². The topological polar surface area (TPSA) is 66.4 Å². The number of nitrogens with one attached hydrogen (secondary N) is 1. The number of hydrogen-bond donors (Lipinski definition) is 2. The molecule has 0 aromatic rings. The van der Waals surface area contributed by atoms with Gasteiger partial charge in [0.2, 0.25) is 5.91 Å². The SMILES string of the molecule is CC[C@H](C)CCC(=O)N[C@@H](C(=O)O)C(C)C. The first-order valence-electron chi connectivity index (χ1n) is 5.90. The summed E-state index contributed by atoms with van der Waals surface area (Å²) in [5, 5.41) is 11.5. The van der Waals surface area contributed by atoms with Crippen LogP contribution in [0.2, 0.25) is 0 Å². The third-order valence-corrected chi connectivity index (χ3v) is 2.81. The van der Waals surface area contributed by atoms with E-state index >= 15 is 0 Å². The fourth-order valence-corrected chi connectivity index (χ4v) is 1.34. The van der Waals surface area contributed by atoms with Crippen molar-refractivity contribution in [2.24, 2.45) is 11.8 Å². The molecule has 0 aromatic heterocycles. The van der Waals surface area contributed by atoms with Crippen LogP contribution in [0.3, 0.4) is 0 Å². The van der Waals surface area contributed by atoms with Crippen LogP contribution in [0.5, 0.6) is 0 Å². The second-order valence-corrected chi connectivity index (χ2v) is 4.68. The highest BCUT2D eigenvalue weighted by Gasteiger charge is 2.23. The van der Waals surface area contributed by atoms with E-state index in [9.17, 15) is 9.59 Å². The molecule has 1 amide bonds. The number of carbonyl (C=O) groups is 2. The minimum absolute atomic E-state index is 0.0925. The van der Waals surface area contributed by atoms with E-state index in [0.29, 0.717) is 12.3 Å². The maximum Gasteiger partial charge on any atom is 0.326 e. The molecule has 0 bridgehead atoms. The van der Waals surface area contributed by atoms with Gasteiger partial charge in [0.25, 0.3) is 0 Å². The van der Waals surface area contributed by atoms with Gasteiger partial charge in [-0.3, -0.25) is 4.79 Å². The van der Waals surface area contributed by atoms with Crippen LogP contribution < -0.4 is 5.32 Å². The van der Waals surface area contributed by atoms with Crippen LogP contribution in [0, 0.1) is 11.8 Å². The third kappa shape index (κ3) is 5.73. The van der Waals surface area contributed by atoms with Gasteiger partial charge in [-0.05, 0) is 18.3 Å². The first kappa shape index (κ1) is 14.9. The molecule has 0 fully saturated rings. The number of carboxylic acid groups (broad SMARTS) is 1. The van der Waals surface area contributed by atoms with Crippen molar-refractivity contribution in [1.82, 2.24) is 5.32 Å². The molecule has 2 N–H and O–H groups in total. The minimum Gasteiger partial charge on any atom is -0.480 e. The Kier molecular flexibility index (Phi) is 6.77. The van der Waals surface area contributed by atoms with Crippen molar-refractivity contribution in [3.05, 3.63) is 0 Å². The van der Waals surface area contributed by atoms with Crippen LogP contribution >= 0.6 is 0 Å². The van der Waals surface area contributed by atoms with Crippen molar-refractivity contribution in [2.75, 3.05) is 0 Å². The maximum absolute atomic E-state index is 11.5. The summed E-state index contributed by atoms with van der Waals surface area (Å²) in [6.45, 7) is 7.74. The molecule has 0 unspecified atom stereocenters. The molecule has 94 valence electrons. The van der Waals surface area contributed by atoms with E-state index in [4.69, 9.17) is 5.11 Å². The fourth-order valence-electron chi connectivity index (χ4n) is 1.34. The van der Waals surface area contributed by atoms with Crippen molar-refractivity contribution in [3.63, 3.8) is 0 Å². The molecule has 0 heterocycles. The highest BCUT2D eigenvalue weighted by molar-refractivity contribution is 5.83. The number of hydrogen-bond acceptors (Lipinski definition) is 2. The van der Waals surface area contributed by atoms with Crippen molar-refractivity contribution in [3.8, 4) is 0 Å². The summed E-state index contributed by atoms with van der Waals surface area (Å²) < 4.78 is 0. The zero-order chi connectivity index (χ0) is 12.7. The number of carboxylic acids is 1. The van der Waals surface area contributed by atoms with E-state index in [1.165, 1.54) is 0 Å². The smallest absolute Gasteiger partial charge is 0.326 e. The van der Waals surface area contributed by atoms with Crippen molar-refractivity contribution < 1.29 is 14.7 Å². The van der Waals surface area contributed by atoms with Crippen LogP contribution in [0.25, 0.3) is 0 Å². The molecule has 16 heavy (non-hydrogen) atoms. The number of aliphatic carboxylic acids is 1. The predicted octanol–water partition coefficient (Wildman–Crippen LogP) is 2.04. The molecule has 0 aliphatic rings. The summed E-state index contributed by atoms with van der Waals surface area (Å²) in [6.07, 6.45) is 2.26. The Morgan fingerprint density at radius 3 is 2.19 bits per heavy atom. The molecule has 4 heteroatoms. The standard InChI is InChI=1S/C12H23NO3/c1-5-9(4)6-7-10(14)13-11(8(2)3)12(15)16/h8-9,11H,5-7H2,1-4H3,(H,13,14)(H,15,16)/t9-,11+/m0/s1. The highest BCUT2D eigenvalue weighted by atomic mass is 16.4. The second kappa shape index (κ2) is 7.25. The molecule has 0 spiro atoms. The summed E-state index contributed by atoms with van der Waals surface area (Å²) in [7, 11) is 0. The van der Waals surface area contributed by atoms with Gasteiger partial charge in [-0.25, -0.2) is 4.79 Å². The lowest BCUT2D eigenvalue weighted by molar-refractivity contribution is -0.143. The Bertz CT molecular complexity index is 238. The molecule has 0 saturated heterocycles. The van der Waals surface area contributed by atoms with Crippen LogP contribution in [-0.4, -0.2) is 23.0 Å². The van der Waals surface area contributed by atoms with Crippen LogP contribution in [0.4, 0.5) is 0 Å². The van der Waals surface area contributed by atoms with E-state index in [-0.39, 0.29) is 11.8 Å². The highest BCUT2D eigenvalue weighted by Crippen LogP contribution is 2.09. The summed E-state index contributed by atoms with van der Waals surface area (Å²) in [5.74, 6) is -0.716. The average Bonchev–Trinajstić information content (AvgIpc) is 2.21. The van der Waals surface area contributed by atoms with Crippen molar-refractivity contribution in [2.45, 2.75) is 53.0 Å².